The molecule has 5 heteroatoms. The van der Waals surface area contributed by atoms with Crippen LogP contribution in [-0.2, 0) is 16.1 Å². The minimum Gasteiger partial charge on any atom is -0.465 e. The van der Waals surface area contributed by atoms with Crippen molar-refractivity contribution in [2.24, 2.45) is 0 Å². The van der Waals surface area contributed by atoms with Gasteiger partial charge in [-0.05, 0) is 33.2 Å². The van der Waals surface area contributed by atoms with Crippen LogP contribution in [-0.4, -0.2) is 34.2 Å². The van der Waals surface area contributed by atoms with Crippen molar-refractivity contribution in [2.45, 2.75) is 65.5 Å². The van der Waals surface area contributed by atoms with E-state index in [4.69, 9.17) is 4.74 Å². The predicted molar refractivity (Wildman–Crippen MR) is 84.3 cm³/mol. The third-order valence-corrected chi connectivity index (χ3v) is 3.63. The van der Waals surface area contributed by atoms with Crippen molar-refractivity contribution in [2.75, 3.05) is 13.2 Å². The second-order valence-corrected chi connectivity index (χ2v) is 5.82. The van der Waals surface area contributed by atoms with Gasteiger partial charge in [0.25, 0.3) is 0 Å². The average molecular weight is 295 g/mol. The molecular weight excluding hydrogens is 266 g/mol. The minimum atomic E-state index is -0.608. The van der Waals surface area contributed by atoms with Gasteiger partial charge >= 0.3 is 5.97 Å². The van der Waals surface area contributed by atoms with Gasteiger partial charge < -0.3 is 14.6 Å². The highest BCUT2D eigenvalue weighted by Crippen LogP contribution is 2.18. The molecule has 21 heavy (non-hydrogen) atoms. The molecule has 1 heterocycles. The van der Waals surface area contributed by atoms with Gasteiger partial charge in [0.2, 0.25) is 0 Å². The zero-order valence-corrected chi connectivity index (χ0v) is 14.0. The van der Waals surface area contributed by atoms with Crippen LogP contribution in [0, 0.1) is 0 Å². The molecule has 0 spiro atoms. The van der Waals surface area contributed by atoms with Crippen LogP contribution in [0.2, 0.25) is 0 Å². The maximum absolute atomic E-state index is 12.1. The lowest BCUT2D eigenvalue weighted by Gasteiger charge is -2.28. The van der Waals surface area contributed by atoms with Crippen LogP contribution in [0.15, 0.2) is 12.4 Å². The number of nitrogens with zero attached hydrogens (tertiary/aromatic N) is 2. The summed E-state index contributed by atoms with van der Waals surface area (Å²) >= 11 is 0. The third-order valence-electron chi connectivity index (χ3n) is 3.63. The number of nitrogens with one attached hydrogen (secondary N) is 1. The van der Waals surface area contributed by atoms with E-state index in [0.717, 1.165) is 31.8 Å². The SMILES string of the molecule is CCNC(C)(CCCn1ccnc1C(C)C)C(=O)OCC. The van der Waals surface area contributed by atoms with Crippen molar-refractivity contribution in [3.8, 4) is 0 Å². The van der Waals surface area contributed by atoms with E-state index in [2.05, 4.69) is 28.7 Å². The number of imidazole rings is 1. The number of hydrogen-bond donors (Lipinski definition) is 1. The van der Waals surface area contributed by atoms with Gasteiger partial charge in [-0.3, -0.25) is 4.79 Å². The van der Waals surface area contributed by atoms with Crippen molar-refractivity contribution in [1.29, 1.82) is 0 Å². The molecule has 0 amide bonds. The van der Waals surface area contributed by atoms with Gasteiger partial charge in [-0.1, -0.05) is 20.8 Å². The Kier molecular flexibility index (Phi) is 6.89. The van der Waals surface area contributed by atoms with Crippen LogP contribution in [0.3, 0.4) is 0 Å². The van der Waals surface area contributed by atoms with Crippen LogP contribution < -0.4 is 5.32 Å². The summed E-state index contributed by atoms with van der Waals surface area (Å²) in [5, 5.41) is 3.26. The lowest BCUT2D eigenvalue weighted by Crippen LogP contribution is -2.50. The van der Waals surface area contributed by atoms with E-state index in [0.29, 0.717) is 12.5 Å². The summed E-state index contributed by atoms with van der Waals surface area (Å²) in [5.74, 6) is 1.34. The molecular formula is C16H29N3O2. The number of aromatic nitrogens is 2. The average Bonchev–Trinajstić information content (AvgIpc) is 2.88. The molecule has 0 bridgehead atoms. The van der Waals surface area contributed by atoms with Gasteiger partial charge in [0.05, 0.1) is 6.61 Å². The Morgan fingerprint density at radius 3 is 2.76 bits per heavy atom. The van der Waals surface area contributed by atoms with Crippen LogP contribution in [0.25, 0.3) is 0 Å². The predicted octanol–water partition coefficient (Wildman–Crippen LogP) is 2.72. The molecule has 0 aliphatic carbocycles. The standard InChI is InChI=1S/C16H29N3O2/c1-6-18-16(5,15(20)21-7-2)9-8-11-19-12-10-17-14(19)13(3)4/h10,12-13,18H,6-9,11H2,1-5H3. The summed E-state index contributed by atoms with van der Waals surface area (Å²) in [4.78, 5) is 16.5. The van der Waals surface area contributed by atoms with Crippen LogP contribution >= 0.6 is 0 Å². The molecule has 0 aliphatic rings. The quantitative estimate of drug-likeness (QED) is 0.712. The Balaban J connectivity index is 2.61. The lowest BCUT2D eigenvalue weighted by atomic mass is 9.95. The zero-order valence-electron chi connectivity index (χ0n) is 14.0. The zero-order chi connectivity index (χ0) is 15.9. The molecule has 1 rings (SSSR count). The smallest absolute Gasteiger partial charge is 0.326 e. The fourth-order valence-electron chi connectivity index (χ4n) is 2.56. The first-order chi connectivity index (χ1) is 9.94. The summed E-state index contributed by atoms with van der Waals surface area (Å²) in [6, 6.07) is 0. The van der Waals surface area contributed by atoms with Gasteiger partial charge in [0.1, 0.15) is 11.4 Å². The first kappa shape index (κ1) is 17.7. The number of ether oxygens (including phenoxy) is 1. The number of hydrogen-bond acceptors (Lipinski definition) is 4. The molecule has 0 radical (unpaired) electrons. The molecule has 5 nitrogen and oxygen atoms in total. The first-order valence-corrected chi connectivity index (χ1v) is 7.87. The van der Waals surface area contributed by atoms with Crippen molar-refractivity contribution in [3.63, 3.8) is 0 Å². The van der Waals surface area contributed by atoms with E-state index >= 15 is 0 Å². The van der Waals surface area contributed by atoms with E-state index < -0.39 is 5.54 Å². The molecule has 0 aliphatic heterocycles. The third kappa shape index (κ3) is 4.84. The highest BCUT2D eigenvalue weighted by Gasteiger charge is 2.33. The van der Waals surface area contributed by atoms with Gasteiger partial charge in [0.15, 0.2) is 0 Å². The molecule has 1 unspecified atom stereocenters. The van der Waals surface area contributed by atoms with Crippen molar-refractivity contribution >= 4 is 5.97 Å². The Bertz CT molecular complexity index is 442. The Morgan fingerprint density at radius 2 is 2.19 bits per heavy atom. The summed E-state index contributed by atoms with van der Waals surface area (Å²) in [6.45, 7) is 12.1. The van der Waals surface area contributed by atoms with Gasteiger partial charge in [0, 0.05) is 24.9 Å². The highest BCUT2D eigenvalue weighted by atomic mass is 16.5. The lowest BCUT2D eigenvalue weighted by molar-refractivity contribution is -0.150. The van der Waals surface area contributed by atoms with Crippen LogP contribution in [0.5, 0.6) is 0 Å². The summed E-state index contributed by atoms with van der Waals surface area (Å²) < 4.78 is 7.36. The highest BCUT2D eigenvalue weighted by molar-refractivity contribution is 5.80. The van der Waals surface area contributed by atoms with E-state index in [1.54, 1.807) is 0 Å². The summed E-state index contributed by atoms with van der Waals surface area (Å²) in [6.07, 6.45) is 5.49. The number of carbonyl (C=O) groups is 1. The topological polar surface area (TPSA) is 56.2 Å². The Hall–Kier alpha value is -1.36. The number of esters is 1. The van der Waals surface area contributed by atoms with Crippen LogP contribution in [0.1, 0.15) is 59.2 Å². The second kappa shape index (κ2) is 8.17. The first-order valence-electron chi connectivity index (χ1n) is 7.87. The summed E-state index contributed by atoms with van der Waals surface area (Å²) in [5.41, 5.74) is -0.608. The van der Waals surface area contributed by atoms with Crippen LogP contribution in [0.4, 0.5) is 0 Å². The van der Waals surface area contributed by atoms with Gasteiger partial charge in [-0.2, -0.15) is 0 Å². The fourth-order valence-corrected chi connectivity index (χ4v) is 2.56. The maximum Gasteiger partial charge on any atom is 0.326 e. The van der Waals surface area contributed by atoms with Crippen molar-refractivity contribution in [3.05, 3.63) is 18.2 Å². The Morgan fingerprint density at radius 1 is 1.48 bits per heavy atom. The molecule has 0 aromatic carbocycles. The molecule has 0 fully saturated rings. The van der Waals surface area contributed by atoms with E-state index in [1.807, 2.05) is 33.2 Å². The molecule has 1 aromatic heterocycles. The largest absolute Gasteiger partial charge is 0.465 e. The molecule has 1 atom stereocenters. The normalized spacial score (nSPS) is 14.2. The monoisotopic (exact) mass is 295 g/mol. The number of carbonyl (C=O) groups excluding carboxylic acids is 1. The van der Waals surface area contributed by atoms with Crippen molar-refractivity contribution < 1.29 is 9.53 Å². The Labute approximate surface area is 128 Å². The number of rotatable bonds is 9. The number of aryl methyl sites for hydroxylation is 1. The van der Waals surface area contributed by atoms with E-state index in [1.165, 1.54) is 0 Å². The van der Waals surface area contributed by atoms with Gasteiger partial charge in [-0.25, -0.2) is 4.98 Å². The summed E-state index contributed by atoms with van der Waals surface area (Å²) in [7, 11) is 0. The van der Waals surface area contributed by atoms with Gasteiger partial charge in [-0.15, -0.1) is 0 Å². The molecule has 1 aromatic rings. The maximum atomic E-state index is 12.1. The molecule has 0 saturated heterocycles. The minimum absolute atomic E-state index is 0.165. The second-order valence-electron chi connectivity index (χ2n) is 5.82. The number of likely N-dealkylation sites (N-methyl/N-ethyl adjacent to an activating group) is 1. The van der Waals surface area contributed by atoms with Crippen molar-refractivity contribution in [1.82, 2.24) is 14.9 Å². The molecule has 0 saturated carbocycles. The molecule has 120 valence electrons. The molecule has 1 N–H and O–H groups in total. The van der Waals surface area contributed by atoms with E-state index in [-0.39, 0.29) is 5.97 Å². The van der Waals surface area contributed by atoms with E-state index in [9.17, 15) is 4.79 Å². The fraction of sp³-hybridized carbons (Fsp3) is 0.750.